The molecule has 3 heteroatoms. The molecule has 0 aromatic heterocycles. The van der Waals surface area contributed by atoms with Gasteiger partial charge in [0.15, 0.2) is 0 Å². The van der Waals surface area contributed by atoms with E-state index in [4.69, 9.17) is 9.47 Å². The molecule has 2 aromatic carbocycles. The van der Waals surface area contributed by atoms with Gasteiger partial charge in [0.2, 0.25) is 0 Å². The summed E-state index contributed by atoms with van der Waals surface area (Å²) in [4.78, 5) is 0. The highest BCUT2D eigenvalue weighted by Crippen LogP contribution is 2.32. The fraction of sp³-hybridized carbons (Fsp3) is 0.417. The zero-order valence-electron chi connectivity index (χ0n) is 17.7. The second-order valence-corrected chi connectivity index (χ2v) is 7.78. The van der Waals surface area contributed by atoms with E-state index in [1.54, 1.807) is 7.11 Å². The lowest BCUT2D eigenvalue weighted by atomic mass is 9.91. The summed E-state index contributed by atoms with van der Waals surface area (Å²) in [7, 11) is 8.23. The predicted octanol–water partition coefficient (Wildman–Crippen LogP) is 5.51. The van der Waals surface area contributed by atoms with E-state index in [-0.39, 0.29) is 0 Å². The van der Waals surface area contributed by atoms with Crippen LogP contribution in [-0.2, 0) is 0 Å². The van der Waals surface area contributed by atoms with E-state index in [1.807, 2.05) is 12.1 Å². The Hall–Kier alpha value is -2.26. The van der Waals surface area contributed by atoms with Gasteiger partial charge in [-0.1, -0.05) is 38.1 Å². The third-order valence-electron chi connectivity index (χ3n) is 4.74. The van der Waals surface area contributed by atoms with Crippen LogP contribution in [0.3, 0.4) is 0 Å². The van der Waals surface area contributed by atoms with Crippen LogP contribution < -0.4 is 9.47 Å². The average molecular weight is 369 g/mol. The van der Waals surface area contributed by atoms with Gasteiger partial charge < -0.3 is 14.0 Å². The van der Waals surface area contributed by atoms with Gasteiger partial charge in [0.1, 0.15) is 24.7 Å². The average Bonchev–Trinajstić information content (AvgIpc) is 2.66. The molecule has 0 aliphatic heterocycles. The van der Waals surface area contributed by atoms with Crippen molar-refractivity contribution in [2.24, 2.45) is 0 Å². The van der Waals surface area contributed by atoms with Crippen molar-refractivity contribution < 1.29 is 14.0 Å². The van der Waals surface area contributed by atoms with Gasteiger partial charge in [0, 0.05) is 0 Å². The smallest absolute Gasteiger partial charge is 0.137 e. The molecule has 0 radical (unpaired) electrons. The number of nitrogens with zero attached hydrogens (tertiary/aromatic N) is 1. The summed E-state index contributed by atoms with van der Waals surface area (Å²) in [5.74, 6) is 1.83. The molecule has 146 valence electrons. The molecule has 0 fully saturated rings. The molecule has 0 bridgehead atoms. The molecule has 0 heterocycles. The standard InChI is InChI=1S/C24H34NO2/c1-7-23(19-9-13-21(26-6)14-10-19)24(8-2)20-11-15-22(16-12-20)27-18-17-25(3,4)5/h9-16H,7-8,17-18H2,1-6H3/q+1/b24-23+. The number of hydrogen-bond acceptors (Lipinski definition) is 2. The molecule has 0 amide bonds. The van der Waals surface area contributed by atoms with Crippen LogP contribution in [0.15, 0.2) is 48.5 Å². The highest BCUT2D eigenvalue weighted by molar-refractivity contribution is 5.90. The molecule has 2 aromatic rings. The van der Waals surface area contributed by atoms with Crippen molar-refractivity contribution in [2.75, 3.05) is 41.4 Å². The molecule has 0 aliphatic carbocycles. The number of ether oxygens (including phenoxy) is 2. The van der Waals surface area contributed by atoms with Gasteiger partial charge >= 0.3 is 0 Å². The normalized spacial score (nSPS) is 12.5. The lowest BCUT2D eigenvalue weighted by molar-refractivity contribution is -0.870. The molecule has 27 heavy (non-hydrogen) atoms. The zero-order valence-corrected chi connectivity index (χ0v) is 17.7. The Morgan fingerprint density at radius 3 is 1.56 bits per heavy atom. The molecule has 0 aliphatic rings. The first-order valence-electron chi connectivity index (χ1n) is 9.78. The lowest BCUT2D eigenvalue weighted by Gasteiger charge is -2.23. The van der Waals surface area contributed by atoms with Gasteiger partial charge in [-0.05, 0) is 59.4 Å². The van der Waals surface area contributed by atoms with Crippen LogP contribution in [0.25, 0.3) is 11.1 Å². The third kappa shape index (κ3) is 6.14. The third-order valence-corrected chi connectivity index (χ3v) is 4.74. The molecule has 3 nitrogen and oxygen atoms in total. The molecule has 0 unspecified atom stereocenters. The maximum atomic E-state index is 5.90. The maximum Gasteiger partial charge on any atom is 0.137 e. The molecule has 0 saturated heterocycles. The van der Waals surface area contributed by atoms with Crippen molar-refractivity contribution in [3.8, 4) is 11.5 Å². The van der Waals surface area contributed by atoms with Crippen molar-refractivity contribution in [1.29, 1.82) is 0 Å². The first-order valence-corrected chi connectivity index (χ1v) is 9.78. The van der Waals surface area contributed by atoms with E-state index in [1.165, 1.54) is 22.3 Å². The van der Waals surface area contributed by atoms with Gasteiger partial charge in [0.05, 0.1) is 28.3 Å². The molecule has 0 spiro atoms. The number of hydrogen-bond donors (Lipinski definition) is 0. The minimum Gasteiger partial charge on any atom is -0.497 e. The summed E-state index contributed by atoms with van der Waals surface area (Å²) in [6.07, 6.45) is 1.99. The summed E-state index contributed by atoms with van der Waals surface area (Å²) in [6, 6.07) is 16.9. The van der Waals surface area contributed by atoms with Gasteiger partial charge in [-0.3, -0.25) is 0 Å². The van der Waals surface area contributed by atoms with Gasteiger partial charge in [0.25, 0.3) is 0 Å². The summed E-state index contributed by atoms with van der Waals surface area (Å²) in [5.41, 5.74) is 5.31. The fourth-order valence-electron chi connectivity index (χ4n) is 3.17. The van der Waals surface area contributed by atoms with Crippen molar-refractivity contribution in [3.63, 3.8) is 0 Å². The van der Waals surface area contributed by atoms with Gasteiger partial charge in [-0.15, -0.1) is 0 Å². The Kier molecular flexibility index (Phi) is 7.49. The van der Waals surface area contributed by atoms with Crippen LogP contribution in [0.4, 0.5) is 0 Å². The van der Waals surface area contributed by atoms with Crippen LogP contribution in [0.2, 0.25) is 0 Å². The van der Waals surface area contributed by atoms with Crippen LogP contribution in [0.1, 0.15) is 37.8 Å². The van der Waals surface area contributed by atoms with Crippen LogP contribution >= 0.6 is 0 Å². The SMILES string of the molecule is CC/C(=C(/CC)c1ccc(OCC[N+](C)(C)C)cc1)c1ccc(OC)cc1. The summed E-state index contributed by atoms with van der Waals surface area (Å²) in [5, 5.41) is 0. The van der Waals surface area contributed by atoms with E-state index in [0.29, 0.717) is 0 Å². The van der Waals surface area contributed by atoms with Crippen molar-refractivity contribution in [1.82, 2.24) is 0 Å². The van der Waals surface area contributed by atoms with Crippen LogP contribution in [-0.4, -0.2) is 45.9 Å². The number of rotatable bonds is 9. The van der Waals surface area contributed by atoms with E-state index in [0.717, 1.165) is 42.0 Å². The monoisotopic (exact) mass is 368 g/mol. The molecule has 0 atom stereocenters. The highest BCUT2D eigenvalue weighted by Gasteiger charge is 2.10. The Labute approximate surface area is 164 Å². The predicted molar refractivity (Wildman–Crippen MR) is 115 cm³/mol. The quantitative estimate of drug-likeness (QED) is 0.429. The Balaban J connectivity index is 2.22. The summed E-state index contributed by atoms with van der Waals surface area (Å²) in [6.45, 7) is 6.16. The zero-order chi connectivity index (χ0) is 19.9. The van der Waals surface area contributed by atoms with Crippen molar-refractivity contribution in [2.45, 2.75) is 26.7 Å². The van der Waals surface area contributed by atoms with Crippen molar-refractivity contribution in [3.05, 3.63) is 59.7 Å². The molecule has 0 saturated carbocycles. The van der Waals surface area contributed by atoms with Crippen molar-refractivity contribution >= 4 is 11.1 Å². The largest absolute Gasteiger partial charge is 0.497 e. The van der Waals surface area contributed by atoms with Crippen LogP contribution in [0, 0.1) is 0 Å². The first kappa shape index (κ1) is 21.0. The number of quaternary nitrogens is 1. The van der Waals surface area contributed by atoms with E-state index in [9.17, 15) is 0 Å². The maximum absolute atomic E-state index is 5.90. The number of benzene rings is 2. The number of likely N-dealkylation sites (N-methyl/N-ethyl adjacent to an activating group) is 1. The molecule has 0 N–H and O–H groups in total. The minimum absolute atomic E-state index is 0.728. The van der Waals surface area contributed by atoms with E-state index in [2.05, 4.69) is 71.4 Å². The first-order chi connectivity index (χ1) is 12.9. The Morgan fingerprint density at radius 2 is 1.19 bits per heavy atom. The molecular weight excluding hydrogens is 334 g/mol. The second-order valence-electron chi connectivity index (χ2n) is 7.78. The Morgan fingerprint density at radius 1 is 0.741 bits per heavy atom. The number of methoxy groups -OCH3 is 1. The van der Waals surface area contributed by atoms with Gasteiger partial charge in [-0.25, -0.2) is 0 Å². The Bertz CT molecular complexity index is 737. The van der Waals surface area contributed by atoms with E-state index < -0.39 is 0 Å². The van der Waals surface area contributed by atoms with Crippen LogP contribution in [0.5, 0.6) is 11.5 Å². The topological polar surface area (TPSA) is 18.5 Å². The summed E-state index contributed by atoms with van der Waals surface area (Å²) < 4.78 is 12.1. The fourth-order valence-corrected chi connectivity index (χ4v) is 3.17. The van der Waals surface area contributed by atoms with E-state index >= 15 is 0 Å². The lowest BCUT2D eigenvalue weighted by Crippen LogP contribution is -2.38. The molecule has 2 rings (SSSR count). The van der Waals surface area contributed by atoms with Gasteiger partial charge in [-0.2, -0.15) is 0 Å². The summed E-state index contributed by atoms with van der Waals surface area (Å²) >= 11 is 0. The highest BCUT2D eigenvalue weighted by atomic mass is 16.5. The minimum atomic E-state index is 0.728. The molecular formula is C24H34NO2+. The number of allylic oxidation sites excluding steroid dienone is 2. The second kappa shape index (κ2) is 9.61.